The van der Waals surface area contributed by atoms with Gasteiger partial charge in [-0.3, -0.25) is 0 Å². The van der Waals surface area contributed by atoms with Gasteiger partial charge in [0.2, 0.25) is 0 Å². The number of hydrogen-bond acceptors (Lipinski definition) is 2. The van der Waals surface area contributed by atoms with Crippen LogP contribution in [0.2, 0.25) is 0 Å². The SMILES string of the molecule is CCCCC1CCC([C@]2(C)CO[C@H](CC)OC2)CC1. The zero-order valence-corrected chi connectivity index (χ0v) is 13.1. The third-order valence-electron chi connectivity index (χ3n) is 5.33. The molecule has 1 aliphatic carbocycles. The minimum Gasteiger partial charge on any atom is -0.352 e. The van der Waals surface area contributed by atoms with Crippen LogP contribution in [0.4, 0.5) is 0 Å². The molecule has 19 heavy (non-hydrogen) atoms. The van der Waals surface area contributed by atoms with Gasteiger partial charge in [0.05, 0.1) is 13.2 Å². The highest BCUT2D eigenvalue weighted by Crippen LogP contribution is 2.43. The van der Waals surface area contributed by atoms with Gasteiger partial charge in [-0.15, -0.1) is 0 Å². The summed E-state index contributed by atoms with van der Waals surface area (Å²) in [5.41, 5.74) is 0.265. The maximum atomic E-state index is 5.87. The van der Waals surface area contributed by atoms with E-state index in [4.69, 9.17) is 9.47 Å². The first kappa shape index (κ1) is 15.3. The number of hydrogen-bond donors (Lipinski definition) is 0. The third kappa shape index (κ3) is 3.95. The summed E-state index contributed by atoms with van der Waals surface area (Å²) in [7, 11) is 0. The van der Waals surface area contributed by atoms with Crippen LogP contribution in [0, 0.1) is 17.3 Å². The standard InChI is InChI=1S/C17H32O2/c1-4-6-7-14-8-10-15(11-9-14)17(3)12-18-16(5-2)19-13-17/h14-16H,4-13H2,1-3H3/t14?,15?,16-,17+. The van der Waals surface area contributed by atoms with Crippen molar-refractivity contribution < 1.29 is 9.47 Å². The highest BCUT2D eigenvalue weighted by atomic mass is 16.7. The van der Waals surface area contributed by atoms with Crippen molar-refractivity contribution in [1.29, 1.82) is 0 Å². The fraction of sp³-hybridized carbons (Fsp3) is 1.00. The molecule has 1 aliphatic heterocycles. The zero-order valence-electron chi connectivity index (χ0n) is 13.1. The van der Waals surface area contributed by atoms with Gasteiger partial charge in [-0.2, -0.15) is 0 Å². The summed E-state index contributed by atoms with van der Waals surface area (Å²) in [5.74, 6) is 1.80. The molecule has 0 spiro atoms. The summed E-state index contributed by atoms with van der Waals surface area (Å²) >= 11 is 0. The van der Waals surface area contributed by atoms with Gasteiger partial charge in [0.25, 0.3) is 0 Å². The lowest BCUT2D eigenvalue weighted by molar-refractivity contribution is -0.239. The molecule has 0 radical (unpaired) electrons. The lowest BCUT2D eigenvalue weighted by atomic mass is 9.67. The van der Waals surface area contributed by atoms with Crippen LogP contribution < -0.4 is 0 Å². The van der Waals surface area contributed by atoms with E-state index in [1.165, 1.54) is 44.9 Å². The van der Waals surface area contributed by atoms with Crippen LogP contribution >= 0.6 is 0 Å². The molecule has 2 aliphatic rings. The van der Waals surface area contributed by atoms with Crippen LogP contribution in [-0.4, -0.2) is 19.5 Å². The van der Waals surface area contributed by atoms with Gasteiger partial charge in [-0.05, 0) is 31.1 Å². The Hall–Kier alpha value is -0.0800. The third-order valence-corrected chi connectivity index (χ3v) is 5.33. The maximum absolute atomic E-state index is 5.87. The van der Waals surface area contributed by atoms with E-state index in [0.29, 0.717) is 0 Å². The van der Waals surface area contributed by atoms with Gasteiger partial charge >= 0.3 is 0 Å². The normalized spacial score (nSPS) is 40.3. The molecule has 0 bridgehead atoms. The molecule has 0 N–H and O–H groups in total. The Balaban J connectivity index is 1.77. The zero-order chi connectivity index (χ0) is 13.7. The molecular weight excluding hydrogens is 236 g/mol. The molecule has 2 nitrogen and oxygen atoms in total. The van der Waals surface area contributed by atoms with Crippen LogP contribution in [0.1, 0.15) is 72.1 Å². The lowest BCUT2D eigenvalue weighted by Crippen LogP contribution is -2.45. The van der Waals surface area contributed by atoms with Crippen LogP contribution in [0.25, 0.3) is 0 Å². The van der Waals surface area contributed by atoms with Gasteiger partial charge < -0.3 is 9.47 Å². The highest BCUT2D eigenvalue weighted by molar-refractivity contribution is 4.88. The van der Waals surface area contributed by atoms with Crippen molar-refractivity contribution in [2.45, 2.75) is 78.4 Å². The minimum absolute atomic E-state index is 0.0500. The molecule has 1 heterocycles. The molecule has 0 aromatic heterocycles. The molecule has 2 fully saturated rings. The van der Waals surface area contributed by atoms with Gasteiger partial charge in [-0.1, -0.05) is 52.9 Å². The molecular formula is C17H32O2. The molecule has 0 unspecified atom stereocenters. The molecule has 1 saturated heterocycles. The first-order valence-electron chi connectivity index (χ1n) is 8.41. The molecule has 0 atom stereocenters. The van der Waals surface area contributed by atoms with Crippen LogP contribution in [0.3, 0.4) is 0 Å². The summed E-state index contributed by atoms with van der Waals surface area (Å²) in [4.78, 5) is 0. The van der Waals surface area contributed by atoms with E-state index in [2.05, 4.69) is 20.8 Å². The second-order valence-corrected chi connectivity index (χ2v) is 6.97. The lowest BCUT2D eigenvalue weighted by Gasteiger charge is -2.45. The predicted octanol–water partition coefficient (Wildman–Crippen LogP) is 4.77. The van der Waals surface area contributed by atoms with E-state index in [0.717, 1.165) is 31.5 Å². The quantitative estimate of drug-likeness (QED) is 0.715. The van der Waals surface area contributed by atoms with E-state index in [-0.39, 0.29) is 11.7 Å². The Morgan fingerprint density at radius 1 is 1.00 bits per heavy atom. The Labute approximate surface area is 119 Å². The fourth-order valence-electron chi connectivity index (χ4n) is 3.77. The molecule has 0 aromatic rings. The van der Waals surface area contributed by atoms with Crippen molar-refractivity contribution in [3.63, 3.8) is 0 Å². The maximum Gasteiger partial charge on any atom is 0.157 e. The van der Waals surface area contributed by atoms with E-state index >= 15 is 0 Å². The van der Waals surface area contributed by atoms with Crippen molar-refractivity contribution in [2.75, 3.05) is 13.2 Å². The van der Waals surface area contributed by atoms with Gasteiger partial charge in [0.1, 0.15) is 0 Å². The van der Waals surface area contributed by atoms with Crippen molar-refractivity contribution in [2.24, 2.45) is 17.3 Å². The van der Waals surface area contributed by atoms with E-state index < -0.39 is 0 Å². The molecule has 0 amide bonds. The molecule has 2 rings (SSSR count). The second-order valence-electron chi connectivity index (χ2n) is 6.97. The Kier molecular flexibility index (Phi) is 5.70. The topological polar surface area (TPSA) is 18.5 Å². The average Bonchev–Trinajstić information content (AvgIpc) is 2.46. The van der Waals surface area contributed by atoms with E-state index in [9.17, 15) is 0 Å². The van der Waals surface area contributed by atoms with Gasteiger partial charge in [0.15, 0.2) is 6.29 Å². The van der Waals surface area contributed by atoms with Gasteiger partial charge in [0, 0.05) is 5.41 Å². The predicted molar refractivity (Wildman–Crippen MR) is 79.1 cm³/mol. The Bertz CT molecular complexity index is 248. The first-order chi connectivity index (χ1) is 9.18. The number of rotatable bonds is 5. The van der Waals surface area contributed by atoms with Crippen molar-refractivity contribution in [3.8, 4) is 0 Å². The second kappa shape index (κ2) is 7.08. The summed E-state index contributed by atoms with van der Waals surface area (Å²) < 4.78 is 11.7. The minimum atomic E-state index is 0.0500. The number of ether oxygens (including phenoxy) is 2. The Morgan fingerprint density at radius 3 is 2.16 bits per heavy atom. The van der Waals surface area contributed by atoms with Gasteiger partial charge in [-0.25, -0.2) is 0 Å². The largest absolute Gasteiger partial charge is 0.352 e. The summed E-state index contributed by atoms with van der Waals surface area (Å²) in [6, 6.07) is 0. The van der Waals surface area contributed by atoms with Crippen LogP contribution in [0.15, 0.2) is 0 Å². The number of unbranched alkanes of at least 4 members (excludes halogenated alkanes) is 1. The highest BCUT2D eigenvalue weighted by Gasteiger charge is 2.40. The molecule has 2 heteroatoms. The monoisotopic (exact) mass is 268 g/mol. The van der Waals surface area contributed by atoms with Crippen molar-refractivity contribution in [1.82, 2.24) is 0 Å². The molecule has 112 valence electrons. The van der Waals surface area contributed by atoms with E-state index in [1.807, 2.05) is 0 Å². The average molecular weight is 268 g/mol. The first-order valence-corrected chi connectivity index (χ1v) is 8.41. The van der Waals surface area contributed by atoms with Crippen LogP contribution in [0.5, 0.6) is 0 Å². The summed E-state index contributed by atoms with van der Waals surface area (Å²) in [6.45, 7) is 8.60. The Morgan fingerprint density at radius 2 is 1.63 bits per heavy atom. The fourth-order valence-corrected chi connectivity index (χ4v) is 3.77. The van der Waals surface area contributed by atoms with Crippen molar-refractivity contribution in [3.05, 3.63) is 0 Å². The van der Waals surface area contributed by atoms with E-state index in [1.54, 1.807) is 0 Å². The molecule has 0 aromatic carbocycles. The van der Waals surface area contributed by atoms with Crippen LogP contribution in [-0.2, 0) is 9.47 Å². The smallest absolute Gasteiger partial charge is 0.157 e. The van der Waals surface area contributed by atoms with Crippen molar-refractivity contribution >= 4 is 0 Å². The summed E-state index contributed by atoms with van der Waals surface area (Å²) in [6.07, 6.45) is 10.9. The summed E-state index contributed by atoms with van der Waals surface area (Å²) in [5, 5.41) is 0. The molecule has 1 saturated carbocycles.